The Morgan fingerprint density at radius 2 is 2.36 bits per heavy atom. The lowest BCUT2D eigenvalue weighted by Gasteiger charge is -2.16. The number of rotatable bonds is 1. The third kappa shape index (κ3) is 1.66. The van der Waals surface area contributed by atoms with Crippen molar-refractivity contribution in [3.8, 4) is 0 Å². The van der Waals surface area contributed by atoms with Gasteiger partial charge in [-0.05, 0) is 23.8 Å². The molecule has 0 amide bonds. The second kappa shape index (κ2) is 3.62. The summed E-state index contributed by atoms with van der Waals surface area (Å²) in [5.41, 5.74) is 8.64. The highest BCUT2D eigenvalue weighted by atomic mass is 14.7. The molecule has 2 rings (SSSR count). The van der Waals surface area contributed by atoms with E-state index in [1.54, 1.807) is 12.3 Å². The van der Waals surface area contributed by atoms with Crippen molar-refractivity contribution in [2.75, 3.05) is 12.3 Å². The minimum Gasteiger partial charge on any atom is -0.399 e. The number of anilines is 1. The lowest BCUT2D eigenvalue weighted by atomic mass is 9.96. The van der Waals surface area contributed by atoms with Crippen LogP contribution in [0.2, 0.25) is 0 Å². The van der Waals surface area contributed by atoms with E-state index in [-0.39, 0.29) is 0 Å². The summed E-state index contributed by atoms with van der Waals surface area (Å²) in [6, 6.07) is 3.70. The fraction of sp³-hybridized carbons (Fsp3) is 0.273. The van der Waals surface area contributed by atoms with Gasteiger partial charge in [0.05, 0.1) is 5.69 Å². The molecule has 3 heteroatoms. The van der Waals surface area contributed by atoms with Gasteiger partial charge in [0, 0.05) is 30.6 Å². The van der Waals surface area contributed by atoms with Crippen LogP contribution in [-0.4, -0.2) is 17.7 Å². The van der Waals surface area contributed by atoms with E-state index in [0.29, 0.717) is 5.92 Å². The summed E-state index contributed by atoms with van der Waals surface area (Å²) in [4.78, 5) is 8.50. The molecule has 0 fully saturated rings. The number of allylic oxidation sites excluding steroid dienone is 1. The average Bonchev–Trinajstić information content (AvgIpc) is 2.18. The van der Waals surface area contributed by atoms with E-state index in [9.17, 15) is 0 Å². The van der Waals surface area contributed by atoms with Crippen molar-refractivity contribution in [2.24, 2.45) is 10.9 Å². The molecule has 1 aromatic rings. The number of pyridine rings is 1. The van der Waals surface area contributed by atoms with Gasteiger partial charge in [0.2, 0.25) is 0 Å². The van der Waals surface area contributed by atoms with Crippen LogP contribution >= 0.6 is 0 Å². The van der Waals surface area contributed by atoms with Crippen LogP contribution in [0.25, 0.3) is 5.57 Å². The maximum Gasteiger partial charge on any atom is 0.0686 e. The molecular formula is C11H13N3. The van der Waals surface area contributed by atoms with Crippen LogP contribution in [0.5, 0.6) is 0 Å². The van der Waals surface area contributed by atoms with Crippen LogP contribution < -0.4 is 5.73 Å². The standard InChI is InChI=1S/C11H13N3/c1-8-7-13-4-3-10(8)11-6-9(12)2-5-14-11/h2-6,8H,7H2,1H3,(H2,12,14). The van der Waals surface area contributed by atoms with Crippen LogP contribution in [0.4, 0.5) is 5.69 Å². The molecule has 0 saturated heterocycles. The number of nitrogens with zero attached hydrogens (tertiary/aromatic N) is 2. The van der Waals surface area contributed by atoms with Gasteiger partial charge in [0.25, 0.3) is 0 Å². The Bertz CT molecular complexity index is 393. The molecule has 72 valence electrons. The lowest BCUT2D eigenvalue weighted by molar-refractivity contribution is 0.754. The van der Waals surface area contributed by atoms with Crippen molar-refractivity contribution in [2.45, 2.75) is 6.92 Å². The number of dihydropyridines is 1. The molecular weight excluding hydrogens is 174 g/mol. The van der Waals surface area contributed by atoms with E-state index >= 15 is 0 Å². The molecule has 0 radical (unpaired) electrons. The predicted molar refractivity (Wildman–Crippen MR) is 59.1 cm³/mol. The SMILES string of the molecule is CC1CN=CC=C1c1cc(N)ccn1. The maximum atomic E-state index is 5.71. The molecule has 0 bridgehead atoms. The first-order chi connectivity index (χ1) is 6.77. The molecule has 1 aromatic heterocycles. The van der Waals surface area contributed by atoms with E-state index in [0.717, 1.165) is 17.9 Å². The zero-order chi connectivity index (χ0) is 9.97. The summed E-state index contributed by atoms with van der Waals surface area (Å²) in [5.74, 6) is 0.425. The fourth-order valence-corrected chi connectivity index (χ4v) is 1.56. The van der Waals surface area contributed by atoms with Crippen LogP contribution in [0, 0.1) is 5.92 Å². The highest BCUT2D eigenvalue weighted by Gasteiger charge is 2.13. The largest absolute Gasteiger partial charge is 0.399 e. The van der Waals surface area contributed by atoms with Crippen LogP contribution in [0.1, 0.15) is 12.6 Å². The number of aliphatic imine (C=N–C) groups is 1. The summed E-state index contributed by atoms with van der Waals surface area (Å²) >= 11 is 0. The highest BCUT2D eigenvalue weighted by molar-refractivity contribution is 5.86. The zero-order valence-electron chi connectivity index (χ0n) is 8.14. The smallest absolute Gasteiger partial charge is 0.0686 e. The van der Waals surface area contributed by atoms with Gasteiger partial charge in [0.1, 0.15) is 0 Å². The Hall–Kier alpha value is -1.64. The van der Waals surface area contributed by atoms with E-state index in [2.05, 4.69) is 16.9 Å². The van der Waals surface area contributed by atoms with Crippen molar-refractivity contribution in [3.63, 3.8) is 0 Å². The molecule has 1 unspecified atom stereocenters. The second-order valence-corrected chi connectivity index (χ2v) is 3.51. The first-order valence-corrected chi connectivity index (χ1v) is 4.69. The summed E-state index contributed by atoms with van der Waals surface area (Å²) in [6.45, 7) is 2.98. The molecule has 0 saturated carbocycles. The van der Waals surface area contributed by atoms with Crippen LogP contribution in [0.15, 0.2) is 29.4 Å². The summed E-state index contributed by atoms with van der Waals surface area (Å²) in [6.07, 6.45) is 5.58. The number of nitrogen functional groups attached to an aromatic ring is 1. The van der Waals surface area contributed by atoms with Gasteiger partial charge < -0.3 is 5.73 Å². The molecule has 0 spiro atoms. The van der Waals surface area contributed by atoms with Crippen molar-refractivity contribution < 1.29 is 0 Å². The van der Waals surface area contributed by atoms with Crippen LogP contribution in [-0.2, 0) is 0 Å². The minimum atomic E-state index is 0.425. The molecule has 2 N–H and O–H groups in total. The van der Waals surface area contributed by atoms with Gasteiger partial charge in [-0.1, -0.05) is 6.92 Å². The van der Waals surface area contributed by atoms with Crippen molar-refractivity contribution in [1.29, 1.82) is 0 Å². The van der Waals surface area contributed by atoms with Gasteiger partial charge >= 0.3 is 0 Å². The van der Waals surface area contributed by atoms with Gasteiger partial charge in [-0.2, -0.15) is 0 Å². The lowest BCUT2D eigenvalue weighted by Crippen LogP contribution is -2.08. The molecule has 0 aromatic carbocycles. The Labute approximate surface area is 83.4 Å². The molecule has 1 atom stereocenters. The van der Waals surface area contributed by atoms with Crippen molar-refractivity contribution in [3.05, 3.63) is 30.1 Å². The first kappa shape index (κ1) is 8.94. The Balaban J connectivity index is 2.39. The van der Waals surface area contributed by atoms with E-state index in [1.165, 1.54) is 5.57 Å². The molecule has 3 nitrogen and oxygen atoms in total. The maximum absolute atomic E-state index is 5.71. The van der Waals surface area contributed by atoms with Gasteiger partial charge in [0.15, 0.2) is 0 Å². The van der Waals surface area contributed by atoms with Gasteiger partial charge in [-0.15, -0.1) is 0 Å². The quantitative estimate of drug-likeness (QED) is 0.728. The summed E-state index contributed by atoms with van der Waals surface area (Å²) in [5, 5.41) is 0. The fourth-order valence-electron chi connectivity index (χ4n) is 1.56. The first-order valence-electron chi connectivity index (χ1n) is 4.69. The monoisotopic (exact) mass is 187 g/mol. The topological polar surface area (TPSA) is 51.3 Å². The Morgan fingerprint density at radius 3 is 3.07 bits per heavy atom. The van der Waals surface area contributed by atoms with Crippen molar-refractivity contribution >= 4 is 17.5 Å². The third-order valence-corrected chi connectivity index (χ3v) is 2.35. The molecule has 1 aliphatic heterocycles. The van der Waals surface area contributed by atoms with E-state index < -0.39 is 0 Å². The molecule has 0 aliphatic carbocycles. The third-order valence-electron chi connectivity index (χ3n) is 2.35. The Kier molecular flexibility index (Phi) is 2.31. The van der Waals surface area contributed by atoms with Gasteiger partial charge in [-0.3, -0.25) is 9.98 Å². The van der Waals surface area contributed by atoms with E-state index in [1.807, 2.05) is 18.4 Å². The summed E-state index contributed by atoms with van der Waals surface area (Å²) in [7, 11) is 0. The number of nitrogens with two attached hydrogens (primary N) is 1. The number of aromatic nitrogens is 1. The normalized spacial score (nSPS) is 20.6. The molecule has 2 heterocycles. The second-order valence-electron chi connectivity index (χ2n) is 3.51. The summed E-state index contributed by atoms with van der Waals surface area (Å²) < 4.78 is 0. The average molecular weight is 187 g/mol. The van der Waals surface area contributed by atoms with Crippen LogP contribution in [0.3, 0.4) is 0 Å². The number of hydrogen-bond donors (Lipinski definition) is 1. The van der Waals surface area contributed by atoms with Gasteiger partial charge in [-0.25, -0.2) is 0 Å². The molecule has 1 aliphatic rings. The number of hydrogen-bond acceptors (Lipinski definition) is 3. The highest BCUT2D eigenvalue weighted by Crippen LogP contribution is 2.24. The molecule has 14 heavy (non-hydrogen) atoms. The van der Waals surface area contributed by atoms with E-state index in [4.69, 9.17) is 5.73 Å². The predicted octanol–water partition coefficient (Wildman–Crippen LogP) is 1.77. The van der Waals surface area contributed by atoms with Crippen molar-refractivity contribution in [1.82, 2.24) is 4.98 Å². The Morgan fingerprint density at radius 1 is 1.50 bits per heavy atom. The minimum absolute atomic E-state index is 0.425. The zero-order valence-corrected chi connectivity index (χ0v) is 8.14.